The minimum absolute atomic E-state index is 0.689. The van der Waals surface area contributed by atoms with Gasteiger partial charge in [0.15, 0.2) is 10.2 Å². The predicted octanol–water partition coefficient (Wildman–Crippen LogP) is 3.95. The summed E-state index contributed by atoms with van der Waals surface area (Å²) in [5, 5.41) is 0. The lowest BCUT2D eigenvalue weighted by Crippen LogP contribution is -1.89. The van der Waals surface area contributed by atoms with Crippen LogP contribution >= 0.6 is 23.3 Å². The summed E-state index contributed by atoms with van der Waals surface area (Å²) >= 11 is 3.28. The summed E-state index contributed by atoms with van der Waals surface area (Å²) < 4.78 is 5.44. The van der Waals surface area contributed by atoms with Crippen molar-refractivity contribution in [2.24, 2.45) is 5.92 Å². The van der Waals surface area contributed by atoms with E-state index >= 15 is 0 Å². The zero-order valence-corrected chi connectivity index (χ0v) is 11.0. The highest BCUT2D eigenvalue weighted by molar-refractivity contribution is 8.00. The molecule has 0 aliphatic heterocycles. The second kappa shape index (κ2) is 5.46. The molecule has 2 rings (SSSR count). The van der Waals surface area contributed by atoms with Crippen molar-refractivity contribution in [1.82, 2.24) is 9.36 Å². The SMILES string of the molecule is CC(C)CSc1nc(-c2ccccc2)ns1. The van der Waals surface area contributed by atoms with Gasteiger partial charge in [0.1, 0.15) is 0 Å². The largest absolute Gasteiger partial charge is 0.208 e. The molecule has 16 heavy (non-hydrogen) atoms. The molecule has 1 aromatic carbocycles. The Morgan fingerprint density at radius 3 is 2.69 bits per heavy atom. The number of hydrogen-bond acceptors (Lipinski definition) is 4. The van der Waals surface area contributed by atoms with Crippen molar-refractivity contribution in [2.45, 2.75) is 18.2 Å². The second-order valence-electron chi connectivity index (χ2n) is 3.95. The molecule has 0 amide bonds. The molecule has 0 aliphatic rings. The Balaban J connectivity index is 2.08. The van der Waals surface area contributed by atoms with E-state index in [2.05, 4.69) is 23.2 Å². The third kappa shape index (κ3) is 3.06. The number of benzene rings is 1. The molecule has 84 valence electrons. The van der Waals surface area contributed by atoms with Crippen LogP contribution in [0.2, 0.25) is 0 Å². The van der Waals surface area contributed by atoms with E-state index in [1.165, 1.54) is 11.5 Å². The summed E-state index contributed by atoms with van der Waals surface area (Å²) in [5.74, 6) is 2.63. The van der Waals surface area contributed by atoms with Gasteiger partial charge in [0.2, 0.25) is 0 Å². The minimum atomic E-state index is 0.689. The van der Waals surface area contributed by atoms with Crippen LogP contribution in [0.1, 0.15) is 13.8 Å². The van der Waals surface area contributed by atoms with E-state index in [0.29, 0.717) is 5.92 Å². The first-order chi connectivity index (χ1) is 7.75. The molecule has 1 heterocycles. The summed E-state index contributed by atoms with van der Waals surface area (Å²) in [6.07, 6.45) is 0. The molecule has 1 aromatic heterocycles. The van der Waals surface area contributed by atoms with Crippen LogP contribution in [-0.4, -0.2) is 15.1 Å². The van der Waals surface area contributed by atoms with Crippen LogP contribution in [0.25, 0.3) is 11.4 Å². The van der Waals surface area contributed by atoms with E-state index in [4.69, 9.17) is 0 Å². The molecule has 0 saturated heterocycles. The molecule has 0 atom stereocenters. The van der Waals surface area contributed by atoms with Crippen molar-refractivity contribution >= 4 is 23.3 Å². The average molecular weight is 250 g/mol. The highest BCUT2D eigenvalue weighted by atomic mass is 32.2. The number of aromatic nitrogens is 2. The van der Waals surface area contributed by atoms with E-state index < -0.39 is 0 Å². The predicted molar refractivity (Wildman–Crippen MR) is 70.9 cm³/mol. The van der Waals surface area contributed by atoms with E-state index in [0.717, 1.165) is 21.5 Å². The number of nitrogens with zero attached hydrogens (tertiary/aromatic N) is 2. The topological polar surface area (TPSA) is 25.8 Å². The first-order valence-corrected chi connectivity index (χ1v) is 7.03. The van der Waals surface area contributed by atoms with E-state index in [1.807, 2.05) is 30.3 Å². The van der Waals surface area contributed by atoms with Gasteiger partial charge >= 0.3 is 0 Å². The van der Waals surface area contributed by atoms with Gasteiger partial charge in [-0.3, -0.25) is 0 Å². The van der Waals surface area contributed by atoms with Crippen LogP contribution in [0.3, 0.4) is 0 Å². The molecule has 2 nitrogen and oxygen atoms in total. The molecular formula is C12H14N2S2. The van der Waals surface area contributed by atoms with Gasteiger partial charge in [-0.15, -0.1) is 0 Å². The highest BCUT2D eigenvalue weighted by Crippen LogP contribution is 2.26. The maximum atomic E-state index is 4.52. The summed E-state index contributed by atoms with van der Waals surface area (Å²) in [6.45, 7) is 4.43. The van der Waals surface area contributed by atoms with Gasteiger partial charge in [-0.25, -0.2) is 4.98 Å². The second-order valence-corrected chi connectivity index (χ2v) is 5.97. The van der Waals surface area contributed by atoms with Crippen molar-refractivity contribution in [3.63, 3.8) is 0 Å². The van der Waals surface area contributed by atoms with Crippen molar-refractivity contribution in [2.75, 3.05) is 5.75 Å². The Hall–Kier alpha value is -0.870. The fourth-order valence-corrected chi connectivity index (χ4v) is 2.80. The first-order valence-electron chi connectivity index (χ1n) is 5.27. The minimum Gasteiger partial charge on any atom is -0.208 e. The van der Waals surface area contributed by atoms with Crippen molar-refractivity contribution in [3.8, 4) is 11.4 Å². The first kappa shape index (κ1) is 11.6. The van der Waals surface area contributed by atoms with Crippen LogP contribution < -0.4 is 0 Å². The number of thioether (sulfide) groups is 1. The number of rotatable bonds is 4. The molecule has 0 unspecified atom stereocenters. The molecule has 0 N–H and O–H groups in total. The summed E-state index contributed by atoms with van der Waals surface area (Å²) in [7, 11) is 0. The van der Waals surface area contributed by atoms with E-state index in [-0.39, 0.29) is 0 Å². The van der Waals surface area contributed by atoms with Crippen molar-refractivity contribution < 1.29 is 0 Å². The van der Waals surface area contributed by atoms with E-state index in [1.54, 1.807) is 11.8 Å². The van der Waals surface area contributed by atoms with Crippen LogP contribution in [0.4, 0.5) is 0 Å². The van der Waals surface area contributed by atoms with Gasteiger partial charge in [-0.1, -0.05) is 55.9 Å². The maximum Gasteiger partial charge on any atom is 0.174 e. The molecule has 4 heteroatoms. The molecule has 0 fully saturated rings. The monoisotopic (exact) mass is 250 g/mol. The Bertz CT molecular complexity index is 437. The summed E-state index contributed by atoms with van der Waals surface area (Å²) in [5.41, 5.74) is 1.09. The highest BCUT2D eigenvalue weighted by Gasteiger charge is 2.06. The molecule has 0 bridgehead atoms. The maximum absolute atomic E-state index is 4.52. The van der Waals surface area contributed by atoms with Gasteiger partial charge in [0, 0.05) is 11.3 Å². The smallest absolute Gasteiger partial charge is 0.174 e. The van der Waals surface area contributed by atoms with Gasteiger partial charge < -0.3 is 0 Å². The molecule has 0 spiro atoms. The molecule has 0 saturated carbocycles. The molecule has 2 aromatic rings. The Labute approximate surface area is 104 Å². The Kier molecular flexibility index (Phi) is 3.96. The Morgan fingerprint density at radius 2 is 2.00 bits per heavy atom. The van der Waals surface area contributed by atoms with Crippen LogP contribution in [0, 0.1) is 5.92 Å². The van der Waals surface area contributed by atoms with Crippen LogP contribution in [0.15, 0.2) is 34.7 Å². The zero-order valence-electron chi connectivity index (χ0n) is 9.38. The third-order valence-corrected chi connectivity index (χ3v) is 4.24. The molecule has 0 radical (unpaired) electrons. The average Bonchev–Trinajstić information content (AvgIpc) is 2.76. The standard InChI is InChI=1S/C12H14N2S2/c1-9(2)8-15-12-13-11(14-16-12)10-6-4-3-5-7-10/h3-7,9H,8H2,1-2H3. The lowest BCUT2D eigenvalue weighted by molar-refractivity contribution is 0.750. The van der Waals surface area contributed by atoms with Crippen LogP contribution in [0.5, 0.6) is 0 Å². The normalized spacial score (nSPS) is 10.9. The quantitative estimate of drug-likeness (QED) is 0.768. The van der Waals surface area contributed by atoms with Gasteiger partial charge in [0.05, 0.1) is 0 Å². The van der Waals surface area contributed by atoms with Crippen molar-refractivity contribution in [1.29, 1.82) is 0 Å². The van der Waals surface area contributed by atoms with E-state index in [9.17, 15) is 0 Å². The summed E-state index contributed by atoms with van der Waals surface area (Å²) in [4.78, 5) is 4.52. The van der Waals surface area contributed by atoms with Crippen molar-refractivity contribution in [3.05, 3.63) is 30.3 Å². The summed E-state index contributed by atoms with van der Waals surface area (Å²) in [6, 6.07) is 10.1. The lowest BCUT2D eigenvalue weighted by Gasteiger charge is -1.99. The fraction of sp³-hybridized carbons (Fsp3) is 0.333. The molecule has 0 aliphatic carbocycles. The van der Waals surface area contributed by atoms with Gasteiger partial charge in [-0.05, 0) is 17.5 Å². The lowest BCUT2D eigenvalue weighted by atomic mass is 10.2. The number of hydrogen-bond donors (Lipinski definition) is 0. The third-order valence-electron chi connectivity index (χ3n) is 1.98. The molecular weight excluding hydrogens is 236 g/mol. The zero-order chi connectivity index (χ0) is 11.4. The fourth-order valence-electron chi connectivity index (χ4n) is 1.21. The van der Waals surface area contributed by atoms with Gasteiger partial charge in [0.25, 0.3) is 0 Å². The Morgan fingerprint density at radius 1 is 1.25 bits per heavy atom. The van der Waals surface area contributed by atoms with Crippen LogP contribution in [-0.2, 0) is 0 Å². The van der Waals surface area contributed by atoms with Gasteiger partial charge in [-0.2, -0.15) is 4.37 Å².